The van der Waals surface area contributed by atoms with Crippen LogP contribution in [0.4, 0.5) is 17.1 Å². The monoisotopic (exact) mass is 367 g/mol. The normalized spacial score (nSPS) is 10.2. The highest BCUT2D eigenvalue weighted by molar-refractivity contribution is 7.80. The summed E-state index contributed by atoms with van der Waals surface area (Å²) >= 11 is 11.7. The molecule has 0 saturated carbocycles. The summed E-state index contributed by atoms with van der Waals surface area (Å²) in [5.74, 6) is 0. The van der Waals surface area contributed by atoms with Crippen molar-refractivity contribution in [1.82, 2.24) is 5.43 Å². The molecule has 0 unspecified atom stereocenters. The van der Waals surface area contributed by atoms with Crippen LogP contribution in [0, 0.1) is 6.92 Å². The van der Waals surface area contributed by atoms with Crippen LogP contribution in [0.1, 0.15) is 5.56 Å². The van der Waals surface area contributed by atoms with E-state index >= 15 is 0 Å². The number of benzene rings is 3. The second-order valence-corrected chi connectivity index (χ2v) is 6.35. The number of hydrogen-bond acceptors (Lipinski definition) is 2. The van der Waals surface area contributed by atoms with Crippen molar-refractivity contribution in [2.24, 2.45) is 0 Å². The molecule has 25 heavy (non-hydrogen) atoms. The van der Waals surface area contributed by atoms with Crippen LogP contribution in [-0.2, 0) is 0 Å². The van der Waals surface area contributed by atoms with Crippen molar-refractivity contribution < 1.29 is 0 Å². The number of halogens is 1. The van der Waals surface area contributed by atoms with E-state index in [2.05, 4.69) is 10.7 Å². The van der Waals surface area contributed by atoms with E-state index in [0.717, 1.165) is 22.6 Å². The summed E-state index contributed by atoms with van der Waals surface area (Å²) in [6.45, 7) is 1.97. The van der Waals surface area contributed by atoms with Crippen LogP contribution in [0.2, 0.25) is 5.02 Å². The lowest BCUT2D eigenvalue weighted by Crippen LogP contribution is -2.41. The lowest BCUT2D eigenvalue weighted by atomic mass is 10.2. The number of para-hydroxylation sites is 2. The van der Waals surface area contributed by atoms with Crippen LogP contribution in [0.3, 0.4) is 0 Å². The molecule has 126 valence electrons. The standard InChI is InChI=1S/C20H18ClN3S/c1-15-12-13-16(14-19(15)21)22-20(25)23-24(17-8-4-2-5-9-17)18-10-6-3-7-11-18/h2-14H,1H3,(H2,22,23,25). The van der Waals surface area contributed by atoms with E-state index < -0.39 is 0 Å². The van der Waals surface area contributed by atoms with Gasteiger partial charge in [-0.25, -0.2) is 0 Å². The van der Waals surface area contributed by atoms with Crippen LogP contribution in [0.25, 0.3) is 0 Å². The van der Waals surface area contributed by atoms with Gasteiger partial charge in [-0.3, -0.25) is 10.4 Å². The van der Waals surface area contributed by atoms with Gasteiger partial charge < -0.3 is 5.32 Å². The maximum Gasteiger partial charge on any atom is 0.190 e. The lowest BCUT2D eigenvalue weighted by Gasteiger charge is -2.27. The molecule has 3 nitrogen and oxygen atoms in total. The maximum absolute atomic E-state index is 6.18. The minimum absolute atomic E-state index is 0.479. The van der Waals surface area contributed by atoms with Crippen molar-refractivity contribution >= 4 is 46.0 Å². The zero-order valence-electron chi connectivity index (χ0n) is 13.7. The predicted octanol–water partition coefficient (Wildman–Crippen LogP) is 5.69. The van der Waals surface area contributed by atoms with Crippen LogP contribution in [-0.4, -0.2) is 5.11 Å². The number of anilines is 3. The Morgan fingerprint density at radius 1 is 0.880 bits per heavy atom. The summed E-state index contributed by atoms with van der Waals surface area (Å²) in [5.41, 5.74) is 7.09. The molecule has 0 bridgehead atoms. The first-order chi connectivity index (χ1) is 12.1. The van der Waals surface area contributed by atoms with Gasteiger partial charge in [-0.1, -0.05) is 54.1 Å². The van der Waals surface area contributed by atoms with Gasteiger partial charge in [-0.05, 0) is 61.1 Å². The van der Waals surface area contributed by atoms with Crippen molar-refractivity contribution in [1.29, 1.82) is 0 Å². The van der Waals surface area contributed by atoms with Crippen LogP contribution in [0.5, 0.6) is 0 Å². The average molecular weight is 368 g/mol. The fourth-order valence-electron chi connectivity index (χ4n) is 2.36. The first-order valence-electron chi connectivity index (χ1n) is 7.87. The molecule has 0 radical (unpaired) electrons. The molecule has 0 amide bonds. The third-order valence-corrected chi connectivity index (χ3v) is 4.27. The van der Waals surface area contributed by atoms with E-state index in [9.17, 15) is 0 Å². The fraction of sp³-hybridized carbons (Fsp3) is 0.0500. The van der Waals surface area contributed by atoms with Gasteiger partial charge in [0.05, 0.1) is 11.4 Å². The Morgan fingerprint density at radius 3 is 1.96 bits per heavy atom. The van der Waals surface area contributed by atoms with Crippen LogP contribution >= 0.6 is 23.8 Å². The fourth-order valence-corrected chi connectivity index (χ4v) is 2.75. The molecule has 0 aromatic heterocycles. The molecular weight excluding hydrogens is 350 g/mol. The van der Waals surface area contributed by atoms with E-state index in [1.807, 2.05) is 90.8 Å². The molecule has 0 atom stereocenters. The summed E-state index contributed by atoms with van der Waals surface area (Å²) in [7, 11) is 0. The van der Waals surface area contributed by atoms with Gasteiger partial charge in [0.2, 0.25) is 0 Å². The van der Waals surface area contributed by atoms with Gasteiger partial charge >= 0.3 is 0 Å². The summed E-state index contributed by atoms with van der Waals surface area (Å²) < 4.78 is 0. The molecule has 2 N–H and O–H groups in total. The number of rotatable bonds is 4. The molecule has 0 spiro atoms. The Kier molecular flexibility index (Phi) is 5.53. The van der Waals surface area contributed by atoms with E-state index in [1.165, 1.54) is 0 Å². The van der Waals surface area contributed by atoms with Gasteiger partial charge in [-0.15, -0.1) is 0 Å². The van der Waals surface area contributed by atoms with Gasteiger partial charge in [0.1, 0.15) is 0 Å². The van der Waals surface area contributed by atoms with Gasteiger partial charge in [-0.2, -0.15) is 0 Å². The quantitative estimate of drug-likeness (QED) is 0.457. The maximum atomic E-state index is 6.18. The molecule has 0 heterocycles. The van der Waals surface area contributed by atoms with Crippen molar-refractivity contribution in [3.63, 3.8) is 0 Å². The second-order valence-electron chi connectivity index (χ2n) is 5.54. The van der Waals surface area contributed by atoms with Gasteiger partial charge in [0.25, 0.3) is 0 Å². The first-order valence-corrected chi connectivity index (χ1v) is 8.66. The Morgan fingerprint density at radius 2 is 1.44 bits per heavy atom. The van der Waals surface area contributed by atoms with Crippen molar-refractivity contribution in [2.75, 3.05) is 10.3 Å². The molecule has 5 heteroatoms. The molecule has 0 aliphatic rings. The molecule has 0 aliphatic carbocycles. The van der Waals surface area contributed by atoms with Crippen molar-refractivity contribution in [3.8, 4) is 0 Å². The van der Waals surface area contributed by atoms with Gasteiger partial charge in [0, 0.05) is 10.7 Å². The van der Waals surface area contributed by atoms with E-state index in [-0.39, 0.29) is 0 Å². The van der Waals surface area contributed by atoms with Crippen molar-refractivity contribution in [3.05, 3.63) is 89.4 Å². The average Bonchev–Trinajstić information content (AvgIpc) is 2.64. The second kappa shape index (κ2) is 8.01. The number of nitrogens with zero attached hydrogens (tertiary/aromatic N) is 1. The summed E-state index contributed by atoms with van der Waals surface area (Å²) in [5, 5.41) is 6.29. The predicted molar refractivity (Wildman–Crippen MR) is 111 cm³/mol. The first kappa shape index (κ1) is 17.3. The lowest BCUT2D eigenvalue weighted by molar-refractivity contribution is 0.943. The number of thiocarbonyl (C=S) groups is 1. The Labute approximate surface area is 158 Å². The van der Waals surface area contributed by atoms with Crippen molar-refractivity contribution in [2.45, 2.75) is 6.92 Å². The summed E-state index contributed by atoms with van der Waals surface area (Å²) in [6.07, 6.45) is 0. The third-order valence-electron chi connectivity index (χ3n) is 3.67. The zero-order chi connectivity index (χ0) is 17.6. The molecule has 0 aliphatic heterocycles. The Hall–Kier alpha value is -2.56. The SMILES string of the molecule is Cc1ccc(NC(=S)NN(c2ccccc2)c2ccccc2)cc1Cl. The number of nitrogens with one attached hydrogen (secondary N) is 2. The molecule has 3 aromatic rings. The highest BCUT2D eigenvalue weighted by Crippen LogP contribution is 2.23. The molecule has 3 aromatic carbocycles. The van der Waals surface area contributed by atoms with Crippen LogP contribution in [0.15, 0.2) is 78.9 Å². The molecular formula is C20H18ClN3S. The minimum atomic E-state index is 0.479. The molecule has 3 rings (SSSR count). The highest BCUT2D eigenvalue weighted by Gasteiger charge is 2.10. The number of hydrazine groups is 1. The Bertz CT molecular complexity index is 814. The smallest absolute Gasteiger partial charge is 0.190 e. The number of hydrogen-bond donors (Lipinski definition) is 2. The highest BCUT2D eigenvalue weighted by atomic mass is 35.5. The van der Waals surface area contributed by atoms with Crippen LogP contribution < -0.4 is 15.8 Å². The molecule has 0 fully saturated rings. The van der Waals surface area contributed by atoms with E-state index in [0.29, 0.717) is 10.1 Å². The Balaban J connectivity index is 1.80. The largest absolute Gasteiger partial charge is 0.331 e. The topological polar surface area (TPSA) is 27.3 Å². The van der Waals surface area contributed by atoms with E-state index in [4.69, 9.17) is 23.8 Å². The van der Waals surface area contributed by atoms with E-state index in [1.54, 1.807) is 0 Å². The summed E-state index contributed by atoms with van der Waals surface area (Å²) in [4.78, 5) is 0. The molecule has 0 saturated heterocycles. The van der Waals surface area contributed by atoms with Gasteiger partial charge in [0.15, 0.2) is 5.11 Å². The number of aryl methyl sites for hydroxylation is 1. The third kappa shape index (κ3) is 4.50. The zero-order valence-corrected chi connectivity index (χ0v) is 15.3. The summed E-state index contributed by atoms with van der Waals surface area (Å²) in [6, 6.07) is 25.8. The minimum Gasteiger partial charge on any atom is -0.331 e.